The van der Waals surface area contributed by atoms with Crippen LogP contribution in [0.5, 0.6) is 0 Å². The lowest BCUT2D eigenvalue weighted by Gasteiger charge is -2.27. The summed E-state index contributed by atoms with van der Waals surface area (Å²) < 4.78 is 5.50. The van der Waals surface area contributed by atoms with E-state index in [-0.39, 0.29) is 24.2 Å². The number of carbonyl (C=O) groups is 2. The van der Waals surface area contributed by atoms with Crippen LogP contribution in [-0.4, -0.2) is 22.5 Å². The van der Waals surface area contributed by atoms with Crippen LogP contribution in [-0.2, 0) is 27.3 Å². The maximum absolute atomic E-state index is 12.4. The second kappa shape index (κ2) is 5.75. The molecule has 1 saturated heterocycles. The molecule has 0 radical (unpaired) electrons. The van der Waals surface area contributed by atoms with Gasteiger partial charge >= 0.3 is 5.97 Å². The van der Waals surface area contributed by atoms with E-state index in [1.807, 2.05) is 5.38 Å². The molecule has 2 fully saturated rings. The number of thiazole rings is 1. The molecule has 2 aliphatic rings. The predicted octanol–water partition coefficient (Wildman–Crippen LogP) is 2.20. The smallest absolute Gasteiger partial charge is 0.307 e. The Morgan fingerprint density at radius 2 is 2.29 bits per heavy atom. The summed E-state index contributed by atoms with van der Waals surface area (Å²) in [5.74, 6) is -0.645. The fraction of sp³-hybridized carbons (Fsp3) is 0.667. The number of hydrogen-bond acceptors (Lipinski definition) is 5. The molecule has 6 heteroatoms. The average Bonchev–Trinajstić information content (AvgIpc) is 3.18. The quantitative estimate of drug-likeness (QED) is 0.866. The Labute approximate surface area is 128 Å². The lowest BCUT2D eigenvalue weighted by Crippen LogP contribution is -2.42. The van der Waals surface area contributed by atoms with Crippen molar-refractivity contribution in [3.05, 3.63) is 16.1 Å². The molecule has 1 amide bonds. The third-order valence-electron chi connectivity index (χ3n) is 4.46. The molecule has 1 aromatic heterocycles. The van der Waals surface area contributed by atoms with E-state index in [9.17, 15) is 9.59 Å². The van der Waals surface area contributed by atoms with Gasteiger partial charge in [0, 0.05) is 5.38 Å². The summed E-state index contributed by atoms with van der Waals surface area (Å²) in [6, 6.07) is 0. The number of nitrogens with one attached hydrogen (secondary N) is 1. The number of esters is 1. The molecule has 1 atom stereocenters. The lowest BCUT2D eigenvalue weighted by molar-refractivity contribution is -0.149. The van der Waals surface area contributed by atoms with E-state index in [0.29, 0.717) is 6.54 Å². The minimum Gasteiger partial charge on any atom is -0.458 e. The van der Waals surface area contributed by atoms with E-state index in [1.54, 1.807) is 11.3 Å². The number of aryl methyl sites for hydroxylation is 1. The van der Waals surface area contributed by atoms with E-state index < -0.39 is 5.60 Å². The van der Waals surface area contributed by atoms with Crippen molar-refractivity contribution in [2.75, 3.05) is 0 Å². The zero-order valence-corrected chi connectivity index (χ0v) is 13.0. The van der Waals surface area contributed by atoms with Gasteiger partial charge in [-0.05, 0) is 32.1 Å². The van der Waals surface area contributed by atoms with Crippen molar-refractivity contribution in [1.82, 2.24) is 10.3 Å². The second-order valence-corrected chi connectivity index (χ2v) is 6.75. The van der Waals surface area contributed by atoms with E-state index in [0.717, 1.165) is 42.8 Å². The van der Waals surface area contributed by atoms with Crippen LogP contribution < -0.4 is 5.32 Å². The molecule has 1 aliphatic carbocycles. The van der Waals surface area contributed by atoms with Gasteiger partial charge < -0.3 is 10.1 Å². The van der Waals surface area contributed by atoms with Crippen LogP contribution >= 0.6 is 11.3 Å². The van der Waals surface area contributed by atoms with Gasteiger partial charge in [0.25, 0.3) is 0 Å². The molecule has 3 rings (SSSR count). The molecule has 21 heavy (non-hydrogen) atoms. The standard InChI is InChI=1S/C15H20N2O3S/c1-2-10-9-21-12(17-10)8-16-14(19)11-7-13(18)20-15(11)5-3-4-6-15/h9,11H,2-8H2,1H3,(H,16,19). The molecule has 0 bridgehead atoms. The first kappa shape index (κ1) is 14.5. The number of nitrogens with zero attached hydrogens (tertiary/aromatic N) is 1. The fourth-order valence-electron chi connectivity index (χ4n) is 3.33. The first-order valence-electron chi connectivity index (χ1n) is 7.56. The van der Waals surface area contributed by atoms with E-state index in [4.69, 9.17) is 4.74 Å². The molecule has 114 valence electrons. The van der Waals surface area contributed by atoms with Crippen molar-refractivity contribution in [2.45, 2.75) is 57.6 Å². The van der Waals surface area contributed by atoms with Gasteiger partial charge in [0.2, 0.25) is 5.91 Å². The summed E-state index contributed by atoms with van der Waals surface area (Å²) in [5.41, 5.74) is 0.523. The van der Waals surface area contributed by atoms with Gasteiger partial charge in [-0.15, -0.1) is 11.3 Å². The van der Waals surface area contributed by atoms with Crippen molar-refractivity contribution in [1.29, 1.82) is 0 Å². The zero-order valence-electron chi connectivity index (χ0n) is 12.2. The highest BCUT2D eigenvalue weighted by Gasteiger charge is 2.53. The maximum atomic E-state index is 12.4. The SMILES string of the molecule is CCc1csc(CNC(=O)C2CC(=O)OC23CCCC3)n1. The number of aromatic nitrogens is 1. The Morgan fingerprint density at radius 3 is 2.95 bits per heavy atom. The van der Waals surface area contributed by atoms with Gasteiger partial charge in [-0.3, -0.25) is 9.59 Å². The molecular formula is C15H20N2O3S. The Bertz CT molecular complexity index is 549. The molecule has 0 aromatic carbocycles. The van der Waals surface area contributed by atoms with Crippen LogP contribution in [0, 0.1) is 5.92 Å². The van der Waals surface area contributed by atoms with Gasteiger partial charge in [0.05, 0.1) is 24.6 Å². The summed E-state index contributed by atoms with van der Waals surface area (Å²) in [4.78, 5) is 28.5. The van der Waals surface area contributed by atoms with E-state index in [1.165, 1.54) is 0 Å². The third-order valence-corrected chi connectivity index (χ3v) is 5.36. The molecule has 1 saturated carbocycles. The van der Waals surface area contributed by atoms with Gasteiger partial charge in [-0.2, -0.15) is 0 Å². The summed E-state index contributed by atoms with van der Waals surface area (Å²) in [5, 5.41) is 5.85. The Morgan fingerprint density at radius 1 is 1.52 bits per heavy atom. The molecule has 5 nitrogen and oxygen atoms in total. The molecule has 1 N–H and O–H groups in total. The first-order chi connectivity index (χ1) is 10.1. The van der Waals surface area contributed by atoms with Crippen LogP contribution in [0.4, 0.5) is 0 Å². The second-order valence-electron chi connectivity index (χ2n) is 5.81. The molecule has 1 unspecified atom stereocenters. The highest BCUT2D eigenvalue weighted by Crippen LogP contribution is 2.45. The van der Waals surface area contributed by atoms with Crippen molar-refractivity contribution in [2.24, 2.45) is 5.92 Å². The van der Waals surface area contributed by atoms with Gasteiger partial charge in [-0.1, -0.05) is 6.92 Å². The summed E-state index contributed by atoms with van der Waals surface area (Å²) in [7, 11) is 0. The van der Waals surface area contributed by atoms with E-state index >= 15 is 0 Å². The normalized spacial score (nSPS) is 23.5. The molecule has 1 aliphatic heterocycles. The van der Waals surface area contributed by atoms with Crippen molar-refractivity contribution < 1.29 is 14.3 Å². The first-order valence-corrected chi connectivity index (χ1v) is 8.44. The molecule has 2 heterocycles. The van der Waals surface area contributed by atoms with Crippen LogP contribution in [0.25, 0.3) is 0 Å². The predicted molar refractivity (Wildman–Crippen MR) is 78.7 cm³/mol. The summed E-state index contributed by atoms with van der Waals surface area (Å²) in [6.45, 7) is 2.49. The largest absolute Gasteiger partial charge is 0.458 e. The summed E-state index contributed by atoms with van der Waals surface area (Å²) in [6.07, 6.45) is 4.80. The van der Waals surface area contributed by atoms with Crippen molar-refractivity contribution >= 4 is 23.2 Å². The van der Waals surface area contributed by atoms with Crippen LogP contribution in [0.1, 0.15) is 49.7 Å². The monoisotopic (exact) mass is 308 g/mol. The molecular weight excluding hydrogens is 288 g/mol. The topological polar surface area (TPSA) is 68.3 Å². The van der Waals surface area contributed by atoms with Crippen molar-refractivity contribution in [3.63, 3.8) is 0 Å². The Balaban J connectivity index is 1.63. The van der Waals surface area contributed by atoms with Gasteiger partial charge in [0.1, 0.15) is 10.6 Å². The number of amides is 1. The highest BCUT2D eigenvalue weighted by atomic mass is 32.1. The number of rotatable bonds is 4. The Kier molecular flexibility index (Phi) is 3.97. The zero-order chi connectivity index (χ0) is 14.9. The minimum atomic E-state index is -0.529. The number of carbonyl (C=O) groups excluding carboxylic acids is 2. The maximum Gasteiger partial charge on any atom is 0.307 e. The highest BCUT2D eigenvalue weighted by molar-refractivity contribution is 7.09. The third kappa shape index (κ3) is 2.81. The number of ether oxygens (including phenoxy) is 1. The fourth-order valence-corrected chi connectivity index (χ4v) is 4.14. The van der Waals surface area contributed by atoms with E-state index in [2.05, 4.69) is 17.2 Å². The minimum absolute atomic E-state index is 0.0731. The molecule has 1 spiro atoms. The average molecular weight is 308 g/mol. The van der Waals surface area contributed by atoms with Crippen LogP contribution in [0.15, 0.2) is 5.38 Å². The Hall–Kier alpha value is -1.43. The lowest BCUT2D eigenvalue weighted by atomic mass is 9.85. The van der Waals surface area contributed by atoms with Crippen LogP contribution in [0.2, 0.25) is 0 Å². The van der Waals surface area contributed by atoms with Gasteiger partial charge in [0.15, 0.2) is 0 Å². The van der Waals surface area contributed by atoms with Gasteiger partial charge in [-0.25, -0.2) is 4.98 Å². The van der Waals surface area contributed by atoms with Crippen molar-refractivity contribution in [3.8, 4) is 0 Å². The number of hydrogen-bond donors (Lipinski definition) is 1. The summed E-state index contributed by atoms with van der Waals surface area (Å²) >= 11 is 1.56. The molecule has 1 aromatic rings. The van der Waals surface area contributed by atoms with Crippen LogP contribution in [0.3, 0.4) is 0 Å².